The largest absolute Gasteiger partial charge is 0.397 e. The molecule has 0 radical (unpaired) electrons. The summed E-state index contributed by atoms with van der Waals surface area (Å²) in [6, 6.07) is 6.24. The van der Waals surface area contributed by atoms with E-state index in [4.69, 9.17) is 10.5 Å². The molecule has 2 aromatic heterocycles. The number of aryl methyl sites for hydroxylation is 1. The topological polar surface area (TPSA) is 61.0 Å². The van der Waals surface area contributed by atoms with Gasteiger partial charge in [0.2, 0.25) is 0 Å². The molecule has 0 spiro atoms. The van der Waals surface area contributed by atoms with Crippen LogP contribution in [0.1, 0.15) is 16.1 Å². The maximum absolute atomic E-state index is 12.8. The van der Waals surface area contributed by atoms with Gasteiger partial charge < -0.3 is 10.5 Å². The first kappa shape index (κ1) is 13.9. The van der Waals surface area contributed by atoms with E-state index in [1.165, 1.54) is 23.5 Å². The van der Waals surface area contributed by atoms with Crippen LogP contribution in [0.15, 0.2) is 30.5 Å². The Kier molecular flexibility index (Phi) is 3.81. The Morgan fingerprint density at radius 3 is 2.76 bits per heavy atom. The minimum Gasteiger partial charge on any atom is -0.397 e. The van der Waals surface area contributed by atoms with E-state index in [9.17, 15) is 4.39 Å². The Morgan fingerprint density at radius 1 is 1.24 bits per heavy atom. The number of fused-ring (bicyclic) bond motifs is 1. The minimum absolute atomic E-state index is 0.253. The fourth-order valence-electron chi connectivity index (χ4n) is 2.05. The fourth-order valence-corrected chi connectivity index (χ4v) is 2.83. The van der Waals surface area contributed by atoms with Gasteiger partial charge in [-0.3, -0.25) is 0 Å². The van der Waals surface area contributed by atoms with Gasteiger partial charge in [0.15, 0.2) is 0 Å². The number of nitrogens with two attached hydrogens (primary N) is 1. The van der Waals surface area contributed by atoms with Gasteiger partial charge >= 0.3 is 0 Å². The standard InChI is InChI=1S/C15H14FN3OS/c1-9-19-14-12(13(17)6-18-15(14)21-9)8-20-7-10-2-4-11(16)5-3-10/h2-6H,7-8,17H2,1H3. The summed E-state index contributed by atoms with van der Waals surface area (Å²) in [5.41, 5.74) is 9.11. The maximum Gasteiger partial charge on any atom is 0.143 e. The third kappa shape index (κ3) is 3.01. The number of halogens is 1. The number of rotatable bonds is 4. The van der Waals surface area contributed by atoms with Crippen LogP contribution in [-0.2, 0) is 18.0 Å². The van der Waals surface area contributed by atoms with Gasteiger partial charge in [0, 0.05) is 5.56 Å². The number of nitrogen functional groups attached to an aromatic ring is 1. The lowest BCUT2D eigenvalue weighted by Crippen LogP contribution is -2.01. The molecule has 0 fully saturated rings. The predicted molar refractivity (Wildman–Crippen MR) is 81.5 cm³/mol. The lowest BCUT2D eigenvalue weighted by molar-refractivity contribution is 0.108. The molecule has 0 aliphatic heterocycles. The van der Waals surface area contributed by atoms with Crippen LogP contribution in [0.3, 0.4) is 0 Å². The number of ether oxygens (including phenoxy) is 1. The Morgan fingerprint density at radius 2 is 2.00 bits per heavy atom. The predicted octanol–water partition coefficient (Wildman–Crippen LogP) is 3.44. The van der Waals surface area contributed by atoms with Gasteiger partial charge in [-0.05, 0) is 24.6 Å². The van der Waals surface area contributed by atoms with Crippen LogP contribution in [0.4, 0.5) is 10.1 Å². The molecule has 0 unspecified atom stereocenters. The van der Waals surface area contributed by atoms with Gasteiger partial charge in [-0.25, -0.2) is 14.4 Å². The summed E-state index contributed by atoms with van der Waals surface area (Å²) in [7, 11) is 0. The molecule has 1 aromatic carbocycles. The average Bonchev–Trinajstić information content (AvgIpc) is 2.84. The molecule has 6 heteroatoms. The van der Waals surface area contributed by atoms with E-state index in [1.54, 1.807) is 18.3 Å². The van der Waals surface area contributed by atoms with Crippen LogP contribution in [0.2, 0.25) is 0 Å². The zero-order valence-corrected chi connectivity index (χ0v) is 12.3. The minimum atomic E-state index is -0.253. The Balaban J connectivity index is 1.75. The van der Waals surface area contributed by atoms with E-state index in [-0.39, 0.29) is 5.82 Å². The molecule has 108 valence electrons. The van der Waals surface area contributed by atoms with Crippen LogP contribution >= 0.6 is 11.3 Å². The van der Waals surface area contributed by atoms with Crippen molar-refractivity contribution in [1.82, 2.24) is 9.97 Å². The van der Waals surface area contributed by atoms with Crippen molar-refractivity contribution < 1.29 is 9.13 Å². The Labute approximate surface area is 125 Å². The summed E-state index contributed by atoms with van der Waals surface area (Å²) in [6.07, 6.45) is 1.64. The van der Waals surface area contributed by atoms with Gasteiger partial charge in [-0.2, -0.15) is 0 Å². The molecule has 0 bridgehead atoms. The highest BCUT2D eigenvalue weighted by Crippen LogP contribution is 2.27. The number of thiazole rings is 1. The van der Waals surface area contributed by atoms with Gasteiger partial charge in [0.1, 0.15) is 16.2 Å². The summed E-state index contributed by atoms with van der Waals surface area (Å²) >= 11 is 1.53. The van der Waals surface area contributed by atoms with E-state index in [2.05, 4.69) is 9.97 Å². The second-order valence-electron chi connectivity index (χ2n) is 4.70. The number of nitrogens with zero attached hydrogens (tertiary/aromatic N) is 2. The molecule has 21 heavy (non-hydrogen) atoms. The van der Waals surface area contributed by atoms with Gasteiger partial charge in [-0.1, -0.05) is 23.5 Å². The number of benzene rings is 1. The van der Waals surface area contributed by atoms with Crippen molar-refractivity contribution >= 4 is 27.4 Å². The molecule has 0 aliphatic rings. The van der Waals surface area contributed by atoms with Crippen LogP contribution in [-0.4, -0.2) is 9.97 Å². The Hall–Kier alpha value is -2.05. The second-order valence-corrected chi connectivity index (χ2v) is 5.88. The maximum atomic E-state index is 12.8. The van der Waals surface area contributed by atoms with E-state index >= 15 is 0 Å². The number of aromatic nitrogens is 2. The molecule has 0 aliphatic carbocycles. The summed E-state index contributed by atoms with van der Waals surface area (Å²) in [4.78, 5) is 9.59. The zero-order valence-electron chi connectivity index (χ0n) is 11.5. The number of anilines is 1. The molecule has 3 aromatic rings. The van der Waals surface area contributed by atoms with E-state index in [0.717, 1.165) is 26.5 Å². The number of hydrogen-bond donors (Lipinski definition) is 1. The third-order valence-corrected chi connectivity index (χ3v) is 3.98. The van der Waals surface area contributed by atoms with Crippen molar-refractivity contribution in [3.8, 4) is 0 Å². The van der Waals surface area contributed by atoms with Crippen LogP contribution < -0.4 is 5.73 Å². The van der Waals surface area contributed by atoms with Gasteiger partial charge in [0.25, 0.3) is 0 Å². The summed E-state index contributed by atoms with van der Waals surface area (Å²) < 4.78 is 18.5. The van der Waals surface area contributed by atoms with Gasteiger partial charge in [0.05, 0.1) is 30.1 Å². The molecule has 0 atom stereocenters. The lowest BCUT2D eigenvalue weighted by Gasteiger charge is -2.07. The summed E-state index contributed by atoms with van der Waals surface area (Å²) in [6.45, 7) is 2.68. The third-order valence-electron chi connectivity index (χ3n) is 3.10. The Bertz CT molecular complexity index is 770. The molecular formula is C15H14FN3OS. The monoisotopic (exact) mass is 303 g/mol. The average molecular weight is 303 g/mol. The lowest BCUT2D eigenvalue weighted by atomic mass is 10.2. The van der Waals surface area contributed by atoms with Crippen molar-refractivity contribution in [2.45, 2.75) is 20.1 Å². The molecule has 0 saturated heterocycles. The van der Waals surface area contributed by atoms with Crippen molar-refractivity contribution in [1.29, 1.82) is 0 Å². The molecule has 4 nitrogen and oxygen atoms in total. The molecule has 2 N–H and O–H groups in total. The van der Waals surface area contributed by atoms with E-state index in [1.807, 2.05) is 6.92 Å². The zero-order chi connectivity index (χ0) is 14.8. The molecule has 0 saturated carbocycles. The SMILES string of the molecule is Cc1nc2c(COCc3ccc(F)cc3)c(N)cnc2s1. The van der Waals surface area contributed by atoms with Crippen molar-refractivity contribution in [2.75, 3.05) is 5.73 Å². The molecule has 0 amide bonds. The van der Waals surface area contributed by atoms with Crippen molar-refractivity contribution in [3.63, 3.8) is 0 Å². The normalized spacial score (nSPS) is 11.1. The molecule has 3 rings (SSSR count). The van der Waals surface area contributed by atoms with Crippen LogP contribution in [0.25, 0.3) is 10.3 Å². The first-order valence-corrected chi connectivity index (χ1v) is 7.28. The quantitative estimate of drug-likeness (QED) is 0.802. The number of hydrogen-bond acceptors (Lipinski definition) is 5. The summed E-state index contributed by atoms with van der Waals surface area (Å²) in [5, 5.41) is 0.947. The number of pyridine rings is 1. The smallest absolute Gasteiger partial charge is 0.143 e. The first-order chi connectivity index (χ1) is 10.1. The van der Waals surface area contributed by atoms with Gasteiger partial charge in [-0.15, -0.1) is 0 Å². The molecular weight excluding hydrogens is 289 g/mol. The van der Waals surface area contributed by atoms with Crippen molar-refractivity contribution in [2.24, 2.45) is 0 Å². The van der Waals surface area contributed by atoms with Crippen LogP contribution in [0.5, 0.6) is 0 Å². The van der Waals surface area contributed by atoms with Crippen LogP contribution in [0, 0.1) is 12.7 Å². The van der Waals surface area contributed by atoms with E-state index < -0.39 is 0 Å². The highest BCUT2D eigenvalue weighted by molar-refractivity contribution is 7.18. The summed E-state index contributed by atoms with van der Waals surface area (Å²) in [5.74, 6) is -0.253. The highest BCUT2D eigenvalue weighted by Gasteiger charge is 2.11. The second kappa shape index (κ2) is 5.75. The van der Waals surface area contributed by atoms with E-state index in [0.29, 0.717) is 18.9 Å². The highest BCUT2D eigenvalue weighted by atomic mass is 32.1. The fraction of sp³-hybridized carbons (Fsp3) is 0.200. The van der Waals surface area contributed by atoms with Crippen molar-refractivity contribution in [3.05, 3.63) is 52.4 Å². The first-order valence-electron chi connectivity index (χ1n) is 6.46. The molecule has 2 heterocycles.